The minimum absolute atomic E-state index is 0.0106. The van der Waals surface area contributed by atoms with E-state index in [-0.39, 0.29) is 29.3 Å². The summed E-state index contributed by atoms with van der Waals surface area (Å²) in [4.78, 5) is 50.7. The van der Waals surface area contributed by atoms with Crippen molar-refractivity contribution < 1.29 is 19.2 Å². The molecule has 1 fully saturated rings. The van der Waals surface area contributed by atoms with Crippen LogP contribution in [0.5, 0.6) is 0 Å². The molecule has 2 aliphatic rings. The second-order valence-electron chi connectivity index (χ2n) is 8.55. The van der Waals surface area contributed by atoms with Gasteiger partial charge in [-0.1, -0.05) is 24.6 Å². The Labute approximate surface area is 219 Å². The van der Waals surface area contributed by atoms with E-state index >= 15 is 0 Å². The Kier molecular flexibility index (Phi) is 9.10. The van der Waals surface area contributed by atoms with Gasteiger partial charge in [0, 0.05) is 44.1 Å². The van der Waals surface area contributed by atoms with Crippen LogP contribution >= 0.6 is 22.9 Å². The van der Waals surface area contributed by atoms with Crippen LogP contribution < -0.4 is 16.4 Å². The largest absolute Gasteiger partial charge is 0.369 e. The van der Waals surface area contributed by atoms with Crippen LogP contribution in [-0.2, 0) is 16.1 Å². The number of benzene rings is 1. The summed E-state index contributed by atoms with van der Waals surface area (Å²) in [5, 5.41) is 9.79. The molecule has 2 radical (unpaired) electrons. The van der Waals surface area contributed by atoms with Crippen molar-refractivity contribution in [2.24, 2.45) is 11.7 Å². The van der Waals surface area contributed by atoms with Gasteiger partial charge < -0.3 is 16.4 Å². The van der Waals surface area contributed by atoms with Gasteiger partial charge in [0.25, 0.3) is 11.8 Å². The number of amides is 4. The van der Waals surface area contributed by atoms with E-state index in [9.17, 15) is 19.2 Å². The van der Waals surface area contributed by atoms with Gasteiger partial charge in [0.05, 0.1) is 19.5 Å². The second-order valence-corrected chi connectivity index (χ2v) is 9.99. The summed E-state index contributed by atoms with van der Waals surface area (Å²) in [6.07, 6.45) is 1.01. The molecule has 4 rings (SSSR count). The fourth-order valence-corrected chi connectivity index (χ4v) is 4.95. The smallest absolute Gasteiger partial charge is 0.280 e. The van der Waals surface area contributed by atoms with Crippen LogP contribution in [0.2, 0.25) is 5.02 Å². The molecule has 1 aromatic carbocycles. The molecule has 0 saturated carbocycles. The summed E-state index contributed by atoms with van der Waals surface area (Å²) in [7, 11) is 7.53. The average Bonchev–Trinajstić information content (AvgIpc) is 3.45. The number of aryl methyl sites for hydroxylation is 1. The molecule has 4 amide bonds. The van der Waals surface area contributed by atoms with Crippen LogP contribution in [0.1, 0.15) is 55.5 Å². The zero-order chi connectivity index (χ0) is 26.6. The Balaban J connectivity index is 0.000000201. The highest BCUT2D eigenvalue weighted by Gasteiger charge is 2.34. The molecule has 0 aliphatic carbocycles. The molecule has 13 heteroatoms. The SMILES string of the molecule is CNC(=O)c1nc(C)c(C(=O)NC[C@@H](C)C(N)=O)s1.[B]C1C(=O)N2CCCN2Cc2cc(Cl)ccc21. The Bertz CT molecular complexity index is 1180. The molecule has 2 atom stereocenters. The molecule has 0 spiro atoms. The van der Waals surface area contributed by atoms with E-state index in [0.717, 1.165) is 48.5 Å². The number of primary amides is 1. The molecule has 3 heterocycles. The first-order valence-corrected chi connectivity index (χ1v) is 12.6. The number of rotatable bonds is 5. The molecule has 36 heavy (non-hydrogen) atoms. The summed E-state index contributed by atoms with van der Waals surface area (Å²) in [5.41, 5.74) is 7.53. The number of carbonyl (C=O) groups excluding carboxylic acids is 4. The molecule has 4 N–H and O–H groups in total. The zero-order valence-corrected chi connectivity index (χ0v) is 21.9. The number of hydrogen-bond acceptors (Lipinski definition) is 7. The van der Waals surface area contributed by atoms with Gasteiger partial charge in [-0.2, -0.15) is 0 Å². The minimum Gasteiger partial charge on any atom is -0.369 e. The number of carbonyl (C=O) groups is 4. The third-order valence-corrected chi connectivity index (χ3v) is 7.31. The number of nitrogens with one attached hydrogen (secondary N) is 2. The maximum absolute atomic E-state index is 12.2. The van der Waals surface area contributed by atoms with Crippen LogP contribution in [0.3, 0.4) is 0 Å². The quantitative estimate of drug-likeness (QED) is 0.496. The van der Waals surface area contributed by atoms with E-state index in [0.29, 0.717) is 15.6 Å². The highest BCUT2D eigenvalue weighted by Crippen LogP contribution is 2.30. The van der Waals surface area contributed by atoms with Crippen LogP contribution in [0.4, 0.5) is 0 Å². The predicted molar refractivity (Wildman–Crippen MR) is 138 cm³/mol. The first kappa shape index (κ1) is 27.6. The van der Waals surface area contributed by atoms with Crippen LogP contribution in [0, 0.1) is 12.8 Å². The number of nitrogens with two attached hydrogens (primary N) is 1. The van der Waals surface area contributed by atoms with Gasteiger partial charge in [0.1, 0.15) is 4.88 Å². The average molecular weight is 531 g/mol. The Hall–Kier alpha value is -2.96. The van der Waals surface area contributed by atoms with Crippen LogP contribution in [0.25, 0.3) is 0 Å². The van der Waals surface area contributed by atoms with Crippen molar-refractivity contribution in [2.75, 3.05) is 26.7 Å². The molecule has 10 nitrogen and oxygen atoms in total. The molecule has 2 aliphatic heterocycles. The fraction of sp³-hybridized carbons (Fsp3) is 0.435. The summed E-state index contributed by atoms with van der Waals surface area (Å²) in [5.74, 6) is -2.20. The highest BCUT2D eigenvalue weighted by atomic mass is 35.5. The lowest BCUT2D eigenvalue weighted by Gasteiger charge is -2.26. The second kappa shape index (κ2) is 11.9. The number of nitrogens with zero attached hydrogens (tertiary/aromatic N) is 3. The first-order valence-electron chi connectivity index (χ1n) is 11.4. The van der Waals surface area contributed by atoms with Crippen molar-refractivity contribution in [1.29, 1.82) is 0 Å². The summed E-state index contributed by atoms with van der Waals surface area (Å²) in [6.45, 7) is 5.82. The minimum atomic E-state index is -0.564. The zero-order valence-electron chi connectivity index (χ0n) is 20.3. The standard InChI is InChI=1S/C12H12BClN2O.C11H16N4O3S/c13-11-10-3-2-9(14)6-8(10)7-15-4-1-5-16(15)12(11)17;1-5(8(12)16)4-14-9(17)7-6(2)15-11(19-7)10(18)13-3/h2-3,6,11H,1,4-5,7H2;5H,4H2,1-3H3,(H2,12,16)(H,13,18)(H,14,17)/t;5-/m.1/s1. The van der Waals surface area contributed by atoms with Crippen molar-refractivity contribution in [3.63, 3.8) is 0 Å². The molecular formula is C23H28BClN6O4S. The van der Waals surface area contributed by atoms with E-state index < -0.39 is 17.6 Å². The van der Waals surface area contributed by atoms with Gasteiger partial charge in [0.2, 0.25) is 11.8 Å². The molecule has 2 aromatic rings. The molecule has 0 bridgehead atoms. The Morgan fingerprint density at radius 1 is 1.31 bits per heavy atom. The third kappa shape index (κ3) is 6.23. The van der Waals surface area contributed by atoms with E-state index in [1.807, 2.05) is 12.1 Å². The maximum atomic E-state index is 12.2. The van der Waals surface area contributed by atoms with E-state index in [4.69, 9.17) is 25.2 Å². The Morgan fingerprint density at radius 2 is 2.03 bits per heavy atom. The number of aromatic nitrogens is 1. The molecular weight excluding hydrogens is 503 g/mol. The van der Waals surface area contributed by atoms with E-state index in [1.54, 1.807) is 24.9 Å². The van der Waals surface area contributed by atoms with E-state index in [2.05, 4.69) is 20.6 Å². The molecule has 190 valence electrons. The van der Waals surface area contributed by atoms with Crippen molar-refractivity contribution in [1.82, 2.24) is 25.6 Å². The number of fused-ring (bicyclic) bond motifs is 2. The maximum Gasteiger partial charge on any atom is 0.280 e. The summed E-state index contributed by atoms with van der Waals surface area (Å²) in [6, 6.07) is 5.56. The lowest BCUT2D eigenvalue weighted by molar-refractivity contribution is -0.143. The molecule has 1 saturated heterocycles. The van der Waals surface area contributed by atoms with Crippen molar-refractivity contribution in [3.8, 4) is 0 Å². The van der Waals surface area contributed by atoms with Gasteiger partial charge in [-0.25, -0.2) is 9.99 Å². The topological polar surface area (TPSA) is 138 Å². The molecule has 1 unspecified atom stereocenters. The number of thiazole rings is 1. The first-order chi connectivity index (χ1) is 17.0. The van der Waals surface area contributed by atoms with Gasteiger partial charge >= 0.3 is 0 Å². The Morgan fingerprint density at radius 3 is 2.69 bits per heavy atom. The normalized spacial score (nSPS) is 17.7. The third-order valence-electron chi connectivity index (χ3n) is 5.92. The fourth-order valence-electron chi connectivity index (χ4n) is 3.82. The molecule has 1 aromatic heterocycles. The lowest BCUT2D eigenvalue weighted by atomic mass is 9.78. The van der Waals surface area contributed by atoms with Crippen LogP contribution in [0.15, 0.2) is 18.2 Å². The highest BCUT2D eigenvalue weighted by molar-refractivity contribution is 7.15. The van der Waals surface area contributed by atoms with Gasteiger partial charge in [-0.05, 0) is 36.6 Å². The number of hydrogen-bond donors (Lipinski definition) is 3. The van der Waals surface area contributed by atoms with Gasteiger partial charge in [0.15, 0.2) is 5.01 Å². The summed E-state index contributed by atoms with van der Waals surface area (Å²) >= 11 is 7.01. The van der Waals surface area contributed by atoms with Crippen molar-refractivity contribution in [3.05, 3.63) is 49.9 Å². The van der Waals surface area contributed by atoms with Gasteiger partial charge in [-0.15, -0.1) is 11.3 Å². The van der Waals surface area contributed by atoms with Crippen molar-refractivity contribution >= 4 is 54.4 Å². The van der Waals surface area contributed by atoms with Crippen LogP contribution in [-0.4, -0.2) is 73.2 Å². The van der Waals surface area contributed by atoms with Crippen molar-refractivity contribution in [2.45, 2.75) is 32.6 Å². The lowest BCUT2D eigenvalue weighted by Crippen LogP contribution is -2.41. The van der Waals surface area contributed by atoms with E-state index in [1.165, 1.54) is 7.05 Å². The number of hydrazine groups is 1. The summed E-state index contributed by atoms with van der Waals surface area (Å²) < 4.78 is 0. The number of halogens is 1. The monoisotopic (exact) mass is 530 g/mol. The van der Waals surface area contributed by atoms with Gasteiger partial charge in [-0.3, -0.25) is 24.2 Å². The predicted octanol–water partition coefficient (Wildman–Crippen LogP) is 1.17.